The van der Waals surface area contributed by atoms with Crippen LogP contribution in [0.3, 0.4) is 0 Å². The summed E-state index contributed by atoms with van der Waals surface area (Å²) >= 11 is 1.29. The number of thioether (sulfide) groups is 1. The summed E-state index contributed by atoms with van der Waals surface area (Å²) in [5.41, 5.74) is 1.45. The molecule has 0 bridgehead atoms. The van der Waals surface area contributed by atoms with Crippen LogP contribution in [0, 0.1) is 0 Å². The summed E-state index contributed by atoms with van der Waals surface area (Å²) in [4.78, 5) is 25.1. The lowest BCUT2D eigenvalue weighted by Gasteiger charge is -2.26. The van der Waals surface area contributed by atoms with Crippen molar-refractivity contribution < 1.29 is 14.3 Å². The maximum absolute atomic E-state index is 12.2. The number of nitrogens with zero attached hydrogens (tertiary/aromatic N) is 5. The average Bonchev–Trinajstić information content (AvgIpc) is 3.09. The fourth-order valence-electron chi connectivity index (χ4n) is 2.35. The Hall–Kier alpha value is -2.46. The molecular weight excluding hydrogens is 344 g/mol. The van der Waals surface area contributed by atoms with Gasteiger partial charge in [-0.3, -0.25) is 9.59 Å². The molecule has 1 N–H and O–H groups in total. The van der Waals surface area contributed by atoms with Crippen LogP contribution in [0.4, 0.5) is 5.69 Å². The Kier molecular flexibility index (Phi) is 5.61. The van der Waals surface area contributed by atoms with E-state index in [9.17, 15) is 9.59 Å². The van der Waals surface area contributed by atoms with Gasteiger partial charge in [0.2, 0.25) is 17.0 Å². The predicted octanol–water partition coefficient (Wildman–Crippen LogP) is 0.572. The summed E-state index contributed by atoms with van der Waals surface area (Å²) in [5.74, 6) is 0.182. The first-order chi connectivity index (χ1) is 12.1. The van der Waals surface area contributed by atoms with E-state index in [-0.39, 0.29) is 17.6 Å². The van der Waals surface area contributed by atoms with Crippen LogP contribution in [-0.4, -0.2) is 69.0 Å². The quantitative estimate of drug-likeness (QED) is 0.776. The molecule has 0 aliphatic carbocycles. The van der Waals surface area contributed by atoms with E-state index in [2.05, 4.69) is 20.8 Å². The van der Waals surface area contributed by atoms with E-state index in [1.165, 1.54) is 18.7 Å². The van der Waals surface area contributed by atoms with Gasteiger partial charge in [-0.2, -0.15) is 4.68 Å². The van der Waals surface area contributed by atoms with Gasteiger partial charge in [-0.25, -0.2) is 0 Å². The van der Waals surface area contributed by atoms with Gasteiger partial charge >= 0.3 is 0 Å². The van der Waals surface area contributed by atoms with Crippen molar-refractivity contribution in [3.05, 3.63) is 24.3 Å². The third kappa shape index (κ3) is 4.54. The molecule has 9 nitrogen and oxygen atoms in total. The van der Waals surface area contributed by atoms with Crippen molar-refractivity contribution >= 4 is 29.3 Å². The lowest BCUT2D eigenvalue weighted by atomic mass is 10.3. The smallest absolute Gasteiger partial charge is 0.233 e. The van der Waals surface area contributed by atoms with Crippen LogP contribution in [0.25, 0.3) is 5.69 Å². The third-order valence-corrected chi connectivity index (χ3v) is 4.47. The molecule has 1 fully saturated rings. The number of rotatable bonds is 5. The van der Waals surface area contributed by atoms with E-state index in [1.807, 2.05) is 0 Å². The van der Waals surface area contributed by atoms with Crippen molar-refractivity contribution in [3.8, 4) is 5.69 Å². The molecule has 0 saturated carbocycles. The molecule has 1 aliphatic heterocycles. The predicted molar refractivity (Wildman–Crippen MR) is 91.6 cm³/mol. The second-order valence-electron chi connectivity index (χ2n) is 5.38. The van der Waals surface area contributed by atoms with Gasteiger partial charge in [-0.05, 0) is 34.7 Å². The minimum absolute atomic E-state index is 0.0452. The summed E-state index contributed by atoms with van der Waals surface area (Å²) in [6, 6.07) is 7.14. The number of hydrogen-bond acceptors (Lipinski definition) is 7. The minimum Gasteiger partial charge on any atom is -0.378 e. The van der Waals surface area contributed by atoms with Gasteiger partial charge < -0.3 is 15.0 Å². The minimum atomic E-state index is -0.131. The van der Waals surface area contributed by atoms with Gasteiger partial charge in [0.05, 0.1) is 24.7 Å². The largest absolute Gasteiger partial charge is 0.378 e. The van der Waals surface area contributed by atoms with E-state index < -0.39 is 0 Å². The van der Waals surface area contributed by atoms with Gasteiger partial charge in [-0.1, -0.05) is 11.8 Å². The molecule has 0 atom stereocenters. The highest BCUT2D eigenvalue weighted by Gasteiger charge is 2.18. The molecule has 2 amide bonds. The maximum atomic E-state index is 12.2. The first-order valence-electron chi connectivity index (χ1n) is 7.78. The Morgan fingerprint density at radius 1 is 1.24 bits per heavy atom. The molecule has 2 aromatic rings. The Balaban J connectivity index is 1.64. The fourth-order valence-corrected chi connectivity index (χ4v) is 3.14. The highest BCUT2D eigenvalue weighted by molar-refractivity contribution is 7.99. The van der Waals surface area contributed by atoms with Gasteiger partial charge in [0.1, 0.15) is 0 Å². The number of ether oxygens (including phenoxy) is 1. The van der Waals surface area contributed by atoms with Crippen LogP contribution in [0.15, 0.2) is 29.4 Å². The lowest BCUT2D eigenvalue weighted by molar-refractivity contribution is -0.132. The van der Waals surface area contributed by atoms with Crippen molar-refractivity contribution in [1.82, 2.24) is 25.1 Å². The van der Waals surface area contributed by atoms with Gasteiger partial charge in [0, 0.05) is 25.7 Å². The second kappa shape index (κ2) is 8.08. The second-order valence-corrected chi connectivity index (χ2v) is 6.33. The number of hydrogen-bond donors (Lipinski definition) is 1. The van der Waals surface area contributed by atoms with E-state index >= 15 is 0 Å². The van der Waals surface area contributed by atoms with Crippen molar-refractivity contribution in [1.29, 1.82) is 0 Å². The van der Waals surface area contributed by atoms with E-state index in [0.717, 1.165) is 5.69 Å². The molecule has 3 rings (SSSR count). The third-order valence-electron chi connectivity index (χ3n) is 3.56. The van der Waals surface area contributed by atoms with Crippen LogP contribution >= 0.6 is 11.8 Å². The number of amides is 2. The number of benzene rings is 1. The molecule has 132 valence electrons. The molecule has 1 aromatic heterocycles. The molecule has 25 heavy (non-hydrogen) atoms. The van der Waals surface area contributed by atoms with Crippen LogP contribution in [0.1, 0.15) is 6.92 Å². The topological polar surface area (TPSA) is 102 Å². The molecule has 0 spiro atoms. The summed E-state index contributed by atoms with van der Waals surface area (Å²) in [7, 11) is 0. The van der Waals surface area contributed by atoms with Crippen LogP contribution < -0.4 is 5.32 Å². The van der Waals surface area contributed by atoms with Crippen molar-refractivity contribution in [2.75, 3.05) is 37.4 Å². The molecule has 1 saturated heterocycles. The molecule has 1 aromatic carbocycles. The Labute approximate surface area is 148 Å². The number of tetrazole rings is 1. The first-order valence-corrected chi connectivity index (χ1v) is 8.77. The first kappa shape index (κ1) is 17.4. The number of carbonyl (C=O) groups is 2. The Morgan fingerprint density at radius 3 is 2.64 bits per heavy atom. The molecule has 10 heteroatoms. The highest BCUT2D eigenvalue weighted by Crippen LogP contribution is 2.20. The maximum Gasteiger partial charge on any atom is 0.233 e. The molecule has 0 unspecified atom stereocenters. The van der Waals surface area contributed by atoms with Gasteiger partial charge in [0.15, 0.2) is 0 Å². The SMILES string of the molecule is CC(=O)Nc1ccc(-n2nnnc2SCC(=O)N2CCOCC2)cc1. The van der Waals surface area contributed by atoms with Crippen molar-refractivity contribution in [2.45, 2.75) is 12.1 Å². The normalized spacial score (nSPS) is 14.4. The molecular formula is C15H18N6O3S. The van der Waals surface area contributed by atoms with E-state index in [1.54, 1.807) is 33.8 Å². The highest BCUT2D eigenvalue weighted by atomic mass is 32.2. The van der Waals surface area contributed by atoms with Gasteiger partial charge in [0.25, 0.3) is 0 Å². The van der Waals surface area contributed by atoms with Crippen LogP contribution in [0.2, 0.25) is 0 Å². The zero-order valence-electron chi connectivity index (χ0n) is 13.7. The Bertz CT molecular complexity index is 742. The number of carbonyl (C=O) groups excluding carboxylic acids is 2. The molecule has 0 radical (unpaired) electrons. The molecule has 1 aliphatic rings. The monoisotopic (exact) mass is 362 g/mol. The van der Waals surface area contributed by atoms with E-state index in [0.29, 0.717) is 37.1 Å². The zero-order valence-corrected chi connectivity index (χ0v) is 14.5. The zero-order chi connectivity index (χ0) is 17.6. The average molecular weight is 362 g/mol. The number of anilines is 1. The van der Waals surface area contributed by atoms with Crippen LogP contribution in [0.5, 0.6) is 0 Å². The van der Waals surface area contributed by atoms with Crippen molar-refractivity contribution in [3.63, 3.8) is 0 Å². The lowest BCUT2D eigenvalue weighted by Crippen LogP contribution is -2.41. The van der Waals surface area contributed by atoms with Crippen LogP contribution in [-0.2, 0) is 14.3 Å². The molecule has 2 heterocycles. The number of aromatic nitrogens is 4. The standard InChI is InChI=1S/C15H18N6O3S/c1-11(22)16-12-2-4-13(5-3-12)21-15(17-18-19-21)25-10-14(23)20-6-8-24-9-7-20/h2-5H,6-10H2,1H3,(H,16,22). The summed E-state index contributed by atoms with van der Waals surface area (Å²) in [5, 5.41) is 14.9. The van der Waals surface area contributed by atoms with E-state index in [4.69, 9.17) is 4.74 Å². The van der Waals surface area contributed by atoms with Gasteiger partial charge in [-0.15, -0.1) is 5.10 Å². The number of nitrogens with one attached hydrogen (secondary N) is 1. The number of morpholine rings is 1. The summed E-state index contributed by atoms with van der Waals surface area (Å²) < 4.78 is 6.81. The Morgan fingerprint density at radius 2 is 1.96 bits per heavy atom. The summed E-state index contributed by atoms with van der Waals surface area (Å²) in [6.45, 7) is 3.85. The fraction of sp³-hybridized carbons (Fsp3) is 0.400. The van der Waals surface area contributed by atoms with Crippen molar-refractivity contribution in [2.24, 2.45) is 0 Å². The summed E-state index contributed by atoms with van der Waals surface area (Å²) in [6.07, 6.45) is 0.